The number of carbonyl (C=O) groups excluding carboxylic acids is 3. The van der Waals surface area contributed by atoms with E-state index in [1.807, 2.05) is 48.5 Å². The first-order chi connectivity index (χ1) is 21.0. The Balaban J connectivity index is 1.44. The van der Waals surface area contributed by atoms with E-state index in [4.69, 9.17) is 9.47 Å². The molecular formula is C32H41N3O7S2. The van der Waals surface area contributed by atoms with E-state index in [2.05, 4.69) is 43.3 Å². The molecule has 0 aliphatic heterocycles. The molecule has 12 heteroatoms. The summed E-state index contributed by atoms with van der Waals surface area (Å²) in [5.74, 6) is -1.33. The largest absolute Gasteiger partial charge is 0.480 e. The first-order valence-electron chi connectivity index (χ1n) is 14.5. The number of amides is 3. The molecule has 0 heterocycles. The minimum atomic E-state index is -1.17. The van der Waals surface area contributed by atoms with Gasteiger partial charge in [0.25, 0.3) is 0 Å². The molecule has 10 nitrogen and oxygen atoms in total. The van der Waals surface area contributed by atoms with Crippen LogP contribution in [0, 0.1) is 0 Å². The number of hydrogen-bond donors (Lipinski definition) is 4. The third-order valence-electron chi connectivity index (χ3n) is 6.64. The SMILES string of the molecule is C=CCOC(=O)NC(CSSC(C)(C)C)C(=O)NCCCCC(NC(=O)OCC1c2ccccc2-c2ccccc21)C(=O)O. The number of carbonyl (C=O) groups is 4. The second-order valence-electron chi connectivity index (χ2n) is 11.2. The van der Waals surface area contributed by atoms with Crippen LogP contribution in [0.25, 0.3) is 11.1 Å². The number of benzene rings is 2. The van der Waals surface area contributed by atoms with E-state index in [9.17, 15) is 24.3 Å². The molecule has 2 aromatic carbocycles. The summed E-state index contributed by atoms with van der Waals surface area (Å²) in [5.41, 5.74) is 4.33. The molecule has 4 N–H and O–H groups in total. The van der Waals surface area contributed by atoms with E-state index < -0.39 is 30.2 Å². The molecule has 44 heavy (non-hydrogen) atoms. The maximum atomic E-state index is 12.8. The summed E-state index contributed by atoms with van der Waals surface area (Å²) in [4.78, 5) is 49.3. The zero-order chi connectivity index (χ0) is 32.1. The van der Waals surface area contributed by atoms with Crippen LogP contribution in [0.2, 0.25) is 0 Å². The van der Waals surface area contributed by atoms with Gasteiger partial charge in [0.2, 0.25) is 5.91 Å². The first kappa shape index (κ1) is 34.8. The predicted octanol–water partition coefficient (Wildman–Crippen LogP) is 5.73. The fraction of sp³-hybridized carbons (Fsp3) is 0.438. The quantitative estimate of drug-likeness (QED) is 0.103. The van der Waals surface area contributed by atoms with Gasteiger partial charge in [-0.3, -0.25) is 4.79 Å². The molecule has 0 radical (unpaired) electrons. The first-order valence-corrected chi connectivity index (χ1v) is 16.8. The van der Waals surface area contributed by atoms with E-state index >= 15 is 0 Å². The van der Waals surface area contributed by atoms with E-state index in [0.717, 1.165) is 22.3 Å². The molecule has 1 aliphatic carbocycles. The highest BCUT2D eigenvalue weighted by atomic mass is 33.1. The van der Waals surface area contributed by atoms with Crippen molar-refractivity contribution in [3.63, 3.8) is 0 Å². The van der Waals surface area contributed by atoms with E-state index in [1.165, 1.54) is 16.9 Å². The van der Waals surface area contributed by atoms with Gasteiger partial charge in [0.1, 0.15) is 25.3 Å². The van der Waals surface area contributed by atoms with Crippen LogP contribution >= 0.6 is 21.6 Å². The van der Waals surface area contributed by atoms with Crippen molar-refractivity contribution in [3.8, 4) is 11.1 Å². The van der Waals surface area contributed by atoms with Gasteiger partial charge < -0.3 is 30.5 Å². The molecule has 0 saturated carbocycles. The molecule has 0 bridgehead atoms. The summed E-state index contributed by atoms with van der Waals surface area (Å²) >= 11 is 0. The normalized spacial score (nSPS) is 13.5. The number of hydrogen-bond acceptors (Lipinski definition) is 8. The lowest BCUT2D eigenvalue weighted by Gasteiger charge is -2.21. The van der Waals surface area contributed by atoms with Gasteiger partial charge in [-0.15, -0.1) is 0 Å². The number of rotatable bonds is 16. The maximum absolute atomic E-state index is 12.8. The van der Waals surface area contributed by atoms with Crippen molar-refractivity contribution in [2.45, 2.75) is 62.8 Å². The van der Waals surface area contributed by atoms with Crippen LogP contribution in [0.4, 0.5) is 9.59 Å². The maximum Gasteiger partial charge on any atom is 0.408 e. The van der Waals surface area contributed by atoms with Gasteiger partial charge in [0.15, 0.2) is 0 Å². The number of alkyl carbamates (subject to hydrolysis) is 2. The Morgan fingerprint density at radius 2 is 1.52 bits per heavy atom. The predicted molar refractivity (Wildman–Crippen MR) is 175 cm³/mol. The van der Waals surface area contributed by atoms with Crippen LogP contribution in [0.15, 0.2) is 61.2 Å². The van der Waals surface area contributed by atoms with Gasteiger partial charge in [0.05, 0.1) is 0 Å². The number of nitrogens with one attached hydrogen (secondary N) is 3. The number of carboxylic acids is 1. The summed E-state index contributed by atoms with van der Waals surface area (Å²) in [6.07, 6.45) is 0.980. The Labute approximate surface area is 266 Å². The molecule has 2 atom stereocenters. The second kappa shape index (κ2) is 17.0. The standard InChI is InChI=1S/C32H41N3O7S2/c1-5-18-41-30(39)35-27(20-43-44-32(2,3)4)28(36)33-17-11-10-16-26(29(37)38)34-31(40)42-19-25-23-14-8-6-12-21(23)22-13-7-9-15-24(22)25/h5-9,12-15,25-27H,1,10-11,16-20H2,2-4H3,(H,33,36)(H,34,40)(H,35,39)(H,37,38). The molecule has 3 rings (SSSR count). The van der Waals surface area contributed by atoms with Crippen LogP contribution in [-0.2, 0) is 19.1 Å². The number of unbranched alkanes of at least 4 members (excludes halogenated alkanes) is 1. The highest BCUT2D eigenvalue weighted by Crippen LogP contribution is 2.44. The monoisotopic (exact) mass is 643 g/mol. The Morgan fingerprint density at radius 1 is 0.932 bits per heavy atom. The van der Waals surface area contributed by atoms with Gasteiger partial charge >= 0.3 is 18.2 Å². The molecule has 0 spiro atoms. The smallest absolute Gasteiger partial charge is 0.408 e. The number of ether oxygens (including phenoxy) is 2. The Hall–Kier alpha value is -3.64. The van der Waals surface area contributed by atoms with Crippen molar-refractivity contribution in [1.29, 1.82) is 0 Å². The average Bonchev–Trinajstić information content (AvgIpc) is 3.30. The van der Waals surface area contributed by atoms with E-state index in [0.29, 0.717) is 18.6 Å². The third-order valence-corrected chi connectivity index (χ3v) is 9.99. The summed E-state index contributed by atoms with van der Waals surface area (Å²) in [6.45, 7) is 10.0. The van der Waals surface area contributed by atoms with Crippen LogP contribution in [0.3, 0.4) is 0 Å². The number of fused-ring (bicyclic) bond motifs is 3. The van der Waals surface area contributed by atoms with E-state index in [1.54, 1.807) is 10.8 Å². The van der Waals surface area contributed by atoms with Crippen molar-refractivity contribution >= 4 is 45.7 Å². The highest BCUT2D eigenvalue weighted by molar-refractivity contribution is 8.77. The number of carboxylic acid groups (broad SMARTS) is 1. The van der Waals surface area contributed by atoms with E-state index in [-0.39, 0.29) is 42.8 Å². The van der Waals surface area contributed by atoms with Crippen molar-refractivity contribution < 1.29 is 33.8 Å². The summed E-state index contributed by atoms with van der Waals surface area (Å²) in [7, 11) is 3.07. The summed E-state index contributed by atoms with van der Waals surface area (Å²) in [5, 5.41) is 17.5. The average molecular weight is 644 g/mol. The van der Waals surface area contributed by atoms with Gasteiger partial charge in [-0.25, -0.2) is 14.4 Å². The van der Waals surface area contributed by atoms with Crippen LogP contribution in [-0.4, -0.2) is 71.5 Å². The lowest BCUT2D eigenvalue weighted by molar-refractivity contribution is -0.139. The Kier molecular flexibility index (Phi) is 13.5. The third kappa shape index (κ3) is 10.8. The second-order valence-corrected chi connectivity index (χ2v) is 14.4. The molecule has 2 aromatic rings. The fourth-order valence-corrected chi connectivity index (χ4v) is 7.09. The fourth-order valence-electron chi connectivity index (χ4n) is 4.63. The van der Waals surface area contributed by atoms with Gasteiger partial charge in [-0.1, -0.05) is 104 Å². The van der Waals surface area contributed by atoms with Crippen LogP contribution in [0.1, 0.15) is 57.1 Å². The summed E-state index contributed by atoms with van der Waals surface area (Å²) in [6, 6.07) is 14.0. The number of aliphatic carboxylic acids is 1. The van der Waals surface area contributed by atoms with Crippen molar-refractivity contribution in [1.82, 2.24) is 16.0 Å². The summed E-state index contributed by atoms with van der Waals surface area (Å²) < 4.78 is 10.4. The molecule has 1 aliphatic rings. The molecular weight excluding hydrogens is 603 g/mol. The molecule has 2 unspecified atom stereocenters. The molecule has 3 amide bonds. The zero-order valence-corrected chi connectivity index (χ0v) is 26.9. The van der Waals surface area contributed by atoms with Crippen LogP contribution < -0.4 is 16.0 Å². The van der Waals surface area contributed by atoms with Crippen molar-refractivity contribution in [2.24, 2.45) is 0 Å². The van der Waals surface area contributed by atoms with Crippen molar-refractivity contribution in [3.05, 3.63) is 72.3 Å². The van der Waals surface area contributed by atoms with Gasteiger partial charge in [0, 0.05) is 23.0 Å². The van der Waals surface area contributed by atoms with Crippen LogP contribution in [0.5, 0.6) is 0 Å². The lowest BCUT2D eigenvalue weighted by atomic mass is 9.98. The minimum absolute atomic E-state index is 0.0243. The molecule has 0 fully saturated rings. The van der Waals surface area contributed by atoms with Crippen molar-refractivity contribution in [2.75, 3.05) is 25.5 Å². The molecule has 0 saturated heterocycles. The lowest BCUT2D eigenvalue weighted by Crippen LogP contribution is -2.48. The molecule has 238 valence electrons. The zero-order valence-electron chi connectivity index (χ0n) is 25.3. The highest BCUT2D eigenvalue weighted by Gasteiger charge is 2.30. The Morgan fingerprint density at radius 3 is 2.11 bits per heavy atom. The molecule has 0 aromatic heterocycles. The Bertz CT molecular complexity index is 1270. The van der Waals surface area contributed by atoms with Gasteiger partial charge in [-0.05, 0) is 41.5 Å². The topological polar surface area (TPSA) is 143 Å². The van der Waals surface area contributed by atoms with Gasteiger partial charge in [-0.2, -0.15) is 0 Å². The minimum Gasteiger partial charge on any atom is -0.480 e.